The fourth-order valence-electron chi connectivity index (χ4n) is 2.15. The lowest BCUT2D eigenvalue weighted by molar-refractivity contribution is 0.0867. The van der Waals surface area contributed by atoms with E-state index in [1.165, 1.54) is 32.5 Å². The van der Waals surface area contributed by atoms with Gasteiger partial charge >= 0.3 is 0 Å². The van der Waals surface area contributed by atoms with Gasteiger partial charge in [-0.2, -0.15) is 0 Å². The Labute approximate surface area is 101 Å². The predicted octanol–water partition coefficient (Wildman–Crippen LogP) is 1.59. The van der Waals surface area contributed by atoms with Crippen molar-refractivity contribution < 1.29 is 4.74 Å². The minimum atomic E-state index is 0.646. The number of likely N-dealkylation sites (N-methyl/N-ethyl adjacent to an activating group) is 1. The Bertz CT molecular complexity index is 167. The van der Waals surface area contributed by atoms with Crippen LogP contribution in [0.1, 0.15) is 26.7 Å². The standard InChI is InChI=1S/C13H28N2O/c1-12(2)11-16-8-7-15(3)10-13-5-4-6-14-9-13/h12-14H,4-11H2,1-3H3. The molecule has 16 heavy (non-hydrogen) atoms. The summed E-state index contributed by atoms with van der Waals surface area (Å²) < 4.78 is 5.60. The predicted molar refractivity (Wildman–Crippen MR) is 68.7 cm³/mol. The van der Waals surface area contributed by atoms with Crippen molar-refractivity contribution >= 4 is 0 Å². The lowest BCUT2D eigenvalue weighted by Gasteiger charge is -2.27. The maximum Gasteiger partial charge on any atom is 0.0593 e. The van der Waals surface area contributed by atoms with Crippen molar-refractivity contribution in [2.24, 2.45) is 11.8 Å². The summed E-state index contributed by atoms with van der Waals surface area (Å²) in [5.74, 6) is 1.48. The van der Waals surface area contributed by atoms with Crippen molar-refractivity contribution in [3.63, 3.8) is 0 Å². The van der Waals surface area contributed by atoms with Crippen LogP contribution in [0.5, 0.6) is 0 Å². The van der Waals surface area contributed by atoms with E-state index < -0.39 is 0 Å². The van der Waals surface area contributed by atoms with Crippen molar-refractivity contribution in [3.05, 3.63) is 0 Å². The Kier molecular flexibility index (Phi) is 7.01. The van der Waals surface area contributed by atoms with Gasteiger partial charge in [-0.15, -0.1) is 0 Å². The van der Waals surface area contributed by atoms with E-state index in [2.05, 4.69) is 31.1 Å². The van der Waals surface area contributed by atoms with Crippen LogP contribution in [-0.2, 0) is 4.74 Å². The van der Waals surface area contributed by atoms with Crippen LogP contribution in [-0.4, -0.2) is 51.3 Å². The second kappa shape index (κ2) is 8.04. The van der Waals surface area contributed by atoms with E-state index in [0.717, 1.165) is 25.7 Å². The SMILES string of the molecule is CC(C)COCCN(C)CC1CCCNC1. The molecular formula is C13H28N2O. The summed E-state index contributed by atoms with van der Waals surface area (Å²) in [6, 6.07) is 0. The third kappa shape index (κ3) is 6.46. The first-order valence-electron chi connectivity index (χ1n) is 6.65. The number of rotatable bonds is 7. The van der Waals surface area contributed by atoms with Gasteiger partial charge in [0.2, 0.25) is 0 Å². The number of nitrogens with zero attached hydrogens (tertiary/aromatic N) is 1. The van der Waals surface area contributed by atoms with Gasteiger partial charge in [0, 0.05) is 19.7 Å². The summed E-state index contributed by atoms with van der Waals surface area (Å²) >= 11 is 0. The van der Waals surface area contributed by atoms with Crippen molar-refractivity contribution in [1.82, 2.24) is 10.2 Å². The zero-order valence-electron chi connectivity index (χ0n) is 11.2. The molecule has 3 nitrogen and oxygen atoms in total. The maximum absolute atomic E-state index is 5.60. The molecule has 1 aliphatic heterocycles. The van der Waals surface area contributed by atoms with Gasteiger partial charge in [-0.05, 0) is 44.8 Å². The smallest absolute Gasteiger partial charge is 0.0593 e. The lowest BCUT2D eigenvalue weighted by atomic mass is 9.99. The van der Waals surface area contributed by atoms with Gasteiger partial charge in [-0.3, -0.25) is 0 Å². The third-order valence-corrected chi connectivity index (χ3v) is 3.04. The van der Waals surface area contributed by atoms with E-state index in [-0.39, 0.29) is 0 Å². The van der Waals surface area contributed by atoms with Crippen LogP contribution in [0.3, 0.4) is 0 Å². The number of hydrogen-bond donors (Lipinski definition) is 1. The molecule has 0 bridgehead atoms. The maximum atomic E-state index is 5.60. The summed E-state index contributed by atoms with van der Waals surface area (Å²) in [5, 5.41) is 3.46. The summed E-state index contributed by atoms with van der Waals surface area (Å²) in [7, 11) is 2.20. The molecule has 0 aromatic rings. The van der Waals surface area contributed by atoms with Gasteiger partial charge in [-0.1, -0.05) is 13.8 Å². The highest BCUT2D eigenvalue weighted by atomic mass is 16.5. The van der Waals surface area contributed by atoms with E-state index in [4.69, 9.17) is 4.74 Å². The number of hydrogen-bond acceptors (Lipinski definition) is 3. The van der Waals surface area contributed by atoms with Crippen LogP contribution in [0.2, 0.25) is 0 Å². The average molecular weight is 228 g/mol. The van der Waals surface area contributed by atoms with E-state index in [1.54, 1.807) is 0 Å². The lowest BCUT2D eigenvalue weighted by Crippen LogP contribution is -2.37. The van der Waals surface area contributed by atoms with Gasteiger partial charge < -0.3 is 15.0 Å². The Balaban J connectivity index is 1.99. The van der Waals surface area contributed by atoms with Crippen molar-refractivity contribution in [3.8, 4) is 0 Å². The second-order valence-electron chi connectivity index (χ2n) is 5.44. The molecule has 1 aliphatic rings. The fourth-order valence-corrected chi connectivity index (χ4v) is 2.15. The third-order valence-electron chi connectivity index (χ3n) is 3.04. The molecule has 0 aromatic heterocycles. The molecule has 1 rings (SSSR count). The molecule has 0 spiro atoms. The minimum absolute atomic E-state index is 0.646. The quantitative estimate of drug-likeness (QED) is 0.670. The molecular weight excluding hydrogens is 200 g/mol. The molecule has 3 heteroatoms. The van der Waals surface area contributed by atoms with Crippen LogP contribution in [0.15, 0.2) is 0 Å². The van der Waals surface area contributed by atoms with Crippen molar-refractivity contribution in [1.29, 1.82) is 0 Å². The number of ether oxygens (including phenoxy) is 1. The Morgan fingerprint density at radius 1 is 1.44 bits per heavy atom. The monoisotopic (exact) mass is 228 g/mol. The zero-order chi connectivity index (χ0) is 11.8. The second-order valence-corrected chi connectivity index (χ2v) is 5.44. The fraction of sp³-hybridized carbons (Fsp3) is 1.00. The molecule has 0 aliphatic carbocycles. The van der Waals surface area contributed by atoms with Gasteiger partial charge in [0.05, 0.1) is 6.61 Å². The Morgan fingerprint density at radius 2 is 2.25 bits per heavy atom. The van der Waals surface area contributed by atoms with Gasteiger partial charge in [-0.25, -0.2) is 0 Å². The summed E-state index contributed by atoms with van der Waals surface area (Å²) in [4.78, 5) is 2.40. The van der Waals surface area contributed by atoms with E-state index in [9.17, 15) is 0 Å². The molecule has 1 unspecified atom stereocenters. The minimum Gasteiger partial charge on any atom is -0.380 e. The molecule has 0 radical (unpaired) electrons. The van der Waals surface area contributed by atoms with Crippen LogP contribution >= 0.6 is 0 Å². The van der Waals surface area contributed by atoms with Gasteiger partial charge in [0.15, 0.2) is 0 Å². The van der Waals surface area contributed by atoms with Gasteiger partial charge in [0.25, 0.3) is 0 Å². The van der Waals surface area contributed by atoms with Gasteiger partial charge in [0.1, 0.15) is 0 Å². The Hall–Kier alpha value is -0.120. The molecule has 1 N–H and O–H groups in total. The Morgan fingerprint density at radius 3 is 2.88 bits per heavy atom. The van der Waals surface area contributed by atoms with Crippen molar-refractivity contribution in [2.45, 2.75) is 26.7 Å². The van der Waals surface area contributed by atoms with E-state index >= 15 is 0 Å². The van der Waals surface area contributed by atoms with E-state index in [0.29, 0.717) is 5.92 Å². The first kappa shape index (κ1) is 13.9. The normalized spacial score (nSPS) is 21.9. The number of nitrogens with one attached hydrogen (secondary N) is 1. The first-order chi connectivity index (χ1) is 7.68. The van der Waals surface area contributed by atoms with Crippen LogP contribution in [0.4, 0.5) is 0 Å². The molecule has 1 saturated heterocycles. The molecule has 96 valence electrons. The molecule has 1 heterocycles. The topological polar surface area (TPSA) is 24.5 Å². The molecule has 0 saturated carbocycles. The molecule has 0 amide bonds. The molecule has 1 atom stereocenters. The number of piperidine rings is 1. The summed E-state index contributed by atoms with van der Waals surface area (Å²) in [6.07, 6.45) is 2.71. The van der Waals surface area contributed by atoms with E-state index in [1.807, 2.05) is 0 Å². The highest BCUT2D eigenvalue weighted by molar-refractivity contribution is 4.71. The van der Waals surface area contributed by atoms with Crippen molar-refractivity contribution in [2.75, 3.05) is 46.4 Å². The van der Waals surface area contributed by atoms with Crippen LogP contribution < -0.4 is 5.32 Å². The summed E-state index contributed by atoms with van der Waals surface area (Å²) in [6.45, 7) is 10.8. The summed E-state index contributed by atoms with van der Waals surface area (Å²) in [5.41, 5.74) is 0. The average Bonchev–Trinajstić information content (AvgIpc) is 2.25. The zero-order valence-corrected chi connectivity index (χ0v) is 11.2. The highest BCUT2D eigenvalue weighted by Crippen LogP contribution is 2.10. The van der Waals surface area contributed by atoms with Crippen LogP contribution in [0.25, 0.3) is 0 Å². The molecule has 1 fully saturated rings. The molecule has 0 aromatic carbocycles. The van der Waals surface area contributed by atoms with Crippen LogP contribution in [0, 0.1) is 11.8 Å². The highest BCUT2D eigenvalue weighted by Gasteiger charge is 2.14. The largest absolute Gasteiger partial charge is 0.380 e. The first-order valence-corrected chi connectivity index (χ1v) is 6.65.